The van der Waals surface area contributed by atoms with Crippen molar-refractivity contribution in [3.63, 3.8) is 0 Å². The molecule has 206 valence electrons. The largest absolute Gasteiger partial charge is 0.481 e. The number of hydrogen-bond donors (Lipinski definition) is 2. The molecule has 1 heterocycles. The second kappa shape index (κ2) is 12.6. The highest BCUT2D eigenvalue weighted by molar-refractivity contribution is 5.77. The summed E-state index contributed by atoms with van der Waals surface area (Å²) in [7, 11) is 5.12. The third-order valence-corrected chi connectivity index (χ3v) is 6.92. The van der Waals surface area contributed by atoms with Crippen LogP contribution in [-0.2, 0) is 4.79 Å². The second-order valence-corrected chi connectivity index (χ2v) is 9.94. The average molecular weight is 536 g/mol. The van der Waals surface area contributed by atoms with E-state index in [4.69, 9.17) is 9.72 Å². The highest BCUT2D eigenvalue weighted by Crippen LogP contribution is 2.34. The number of benzene rings is 2. The van der Waals surface area contributed by atoms with Crippen molar-refractivity contribution in [2.75, 3.05) is 31.4 Å². The molecule has 1 saturated carbocycles. The monoisotopic (exact) mass is 535 g/mol. The number of ether oxygens (including phenoxy) is 1. The smallest absolute Gasteiger partial charge is 0.414 e. The number of carbonyl (C=O) groups excluding carboxylic acids is 1. The Bertz CT molecular complexity index is 1300. The van der Waals surface area contributed by atoms with E-state index in [0.717, 1.165) is 25.7 Å². The number of rotatable bonds is 9. The maximum atomic E-state index is 14.8. The Morgan fingerprint density at radius 1 is 1.05 bits per heavy atom. The van der Waals surface area contributed by atoms with Gasteiger partial charge in [-0.25, -0.2) is 14.2 Å². The maximum Gasteiger partial charge on any atom is 0.414 e. The summed E-state index contributed by atoms with van der Waals surface area (Å²) in [5, 5.41) is 12.9. The predicted molar refractivity (Wildman–Crippen MR) is 147 cm³/mol. The Hall–Kier alpha value is -4.21. The number of carboxylic acid groups (broad SMARTS) is 1. The molecule has 0 spiro atoms. The summed E-state index contributed by atoms with van der Waals surface area (Å²) >= 11 is 0. The number of anilines is 2. The Labute approximate surface area is 227 Å². The summed E-state index contributed by atoms with van der Waals surface area (Å²) in [6.45, 7) is 0. The number of amides is 1. The van der Waals surface area contributed by atoms with Crippen molar-refractivity contribution in [2.45, 2.75) is 50.6 Å². The number of halogens is 1. The van der Waals surface area contributed by atoms with Gasteiger partial charge >= 0.3 is 12.1 Å². The Morgan fingerprint density at radius 2 is 1.74 bits per heavy atom. The molecule has 1 amide bonds. The molecular weight excluding hydrogens is 501 g/mol. The van der Waals surface area contributed by atoms with Crippen molar-refractivity contribution in [1.29, 1.82) is 0 Å². The van der Waals surface area contributed by atoms with E-state index in [1.165, 1.54) is 17.4 Å². The fraction of sp³-hybridized carbons (Fsp3) is 0.379. The molecule has 2 N–H and O–H groups in total. The van der Waals surface area contributed by atoms with Crippen LogP contribution < -0.4 is 15.0 Å². The molecule has 3 aromatic rings. The number of carbonyl (C=O) groups is 2. The van der Waals surface area contributed by atoms with E-state index in [0.29, 0.717) is 40.2 Å². The van der Waals surface area contributed by atoms with Gasteiger partial charge < -0.3 is 25.0 Å². The molecule has 0 bridgehead atoms. The lowest BCUT2D eigenvalue weighted by Crippen LogP contribution is -2.34. The molecule has 0 saturated heterocycles. The fourth-order valence-electron chi connectivity index (χ4n) is 4.71. The van der Waals surface area contributed by atoms with Crippen LogP contribution in [0.1, 0.15) is 50.1 Å². The Balaban J connectivity index is 1.69. The minimum atomic E-state index is -1.02. The summed E-state index contributed by atoms with van der Waals surface area (Å²) in [6, 6.07) is 12.5. The zero-order valence-electron chi connectivity index (χ0n) is 22.4. The molecule has 39 heavy (non-hydrogen) atoms. The summed E-state index contributed by atoms with van der Waals surface area (Å²) in [6.07, 6.45) is 6.41. The van der Waals surface area contributed by atoms with Gasteiger partial charge in [0, 0.05) is 44.5 Å². The molecule has 0 aliphatic heterocycles. The standard InChI is InChI=1S/C29H34FN5O4/c1-34(2)29(38)39-21-15-13-19(14-16-21)25(17-26(36)37)32-27-23(22-11-7-8-12-24(22)30)18-31-28(33-27)35(3)20-9-5-4-6-10-20/h7-8,11-16,18,20,25H,4-6,9-10,17H2,1-3H3,(H,36,37)(H,31,32,33). The zero-order chi connectivity index (χ0) is 27.9. The van der Waals surface area contributed by atoms with E-state index in [-0.39, 0.29) is 6.42 Å². The van der Waals surface area contributed by atoms with Gasteiger partial charge in [-0.15, -0.1) is 0 Å². The minimum Gasteiger partial charge on any atom is -0.481 e. The first kappa shape index (κ1) is 27.8. The van der Waals surface area contributed by atoms with Crippen molar-refractivity contribution in [3.8, 4) is 16.9 Å². The lowest BCUT2D eigenvalue weighted by molar-refractivity contribution is -0.137. The Kier molecular flexibility index (Phi) is 8.96. The third kappa shape index (κ3) is 7.01. The van der Waals surface area contributed by atoms with Gasteiger partial charge in [-0.2, -0.15) is 4.98 Å². The predicted octanol–water partition coefficient (Wildman–Crippen LogP) is 5.74. The zero-order valence-corrected chi connectivity index (χ0v) is 22.4. The van der Waals surface area contributed by atoms with E-state index < -0.39 is 23.9 Å². The fourth-order valence-corrected chi connectivity index (χ4v) is 4.71. The van der Waals surface area contributed by atoms with E-state index in [2.05, 4.69) is 15.2 Å². The van der Waals surface area contributed by atoms with Crippen molar-refractivity contribution in [1.82, 2.24) is 14.9 Å². The minimum absolute atomic E-state index is 0.259. The van der Waals surface area contributed by atoms with Crippen molar-refractivity contribution < 1.29 is 23.8 Å². The molecule has 2 aromatic carbocycles. The number of carboxylic acids is 1. The van der Waals surface area contributed by atoms with Crippen molar-refractivity contribution >= 4 is 23.8 Å². The first-order chi connectivity index (χ1) is 18.7. The molecule has 9 nitrogen and oxygen atoms in total. The number of hydrogen-bond acceptors (Lipinski definition) is 7. The second-order valence-electron chi connectivity index (χ2n) is 9.94. The van der Waals surface area contributed by atoms with Gasteiger partial charge in [0.2, 0.25) is 5.95 Å². The molecule has 1 fully saturated rings. The summed E-state index contributed by atoms with van der Waals surface area (Å²) < 4.78 is 20.1. The number of aliphatic carboxylic acids is 1. The third-order valence-electron chi connectivity index (χ3n) is 6.92. The van der Waals surface area contributed by atoms with E-state index in [1.807, 2.05) is 7.05 Å². The normalized spacial score (nSPS) is 14.4. The van der Waals surface area contributed by atoms with Crippen LogP contribution in [0.3, 0.4) is 0 Å². The van der Waals surface area contributed by atoms with Gasteiger partial charge in [0.25, 0.3) is 0 Å². The molecule has 10 heteroatoms. The molecule has 4 rings (SSSR count). The van der Waals surface area contributed by atoms with Crippen LogP contribution in [-0.4, -0.2) is 59.2 Å². The van der Waals surface area contributed by atoms with Gasteiger partial charge in [0.15, 0.2) is 0 Å². The maximum absolute atomic E-state index is 14.8. The van der Waals surface area contributed by atoms with E-state index in [9.17, 15) is 19.1 Å². The first-order valence-corrected chi connectivity index (χ1v) is 13.0. The molecule has 1 aliphatic carbocycles. The van der Waals surface area contributed by atoms with Crippen molar-refractivity contribution in [2.24, 2.45) is 0 Å². The molecule has 1 atom stereocenters. The first-order valence-electron chi connectivity index (χ1n) is 13.0. The topological polar surface area (TPSA) is 108 Å². The van der Waals surface area contributed by atoms with Crippen LogP contribution in [0, 0.1) is 5.82 Å². The van der Waals surface area contributed by atoms with Gasteiger partial charge in [-0.3, -0.25) is 4.79 Å². The number of nitrogens with zero attached hydrogens (tertiary/aromatic N) is 4. The van der Waals surface area contributed by atoms with Gasteiger partial charge in [-0.1, -0.05) is 49.6 Å². The molecule has 1 aliphatic rings. The van der Waals surface area contributed by atoms with Crippen LogP contribution in [0.2, 0.25) is 0 Å². The lowest BCUT2D eigenvalue weighted by atomic mass is 9.95. The Morgan fingerprint density at radius 3 is 2.38 bits per heavy atom. The molecule has 1 unspecified atom stereocenters. The van der Waals surface area contributed by atoms with Crippen LogP contribution >= 0.6 is 0 Å². The number of nitrogens with one attached hydrogen (secondary N) is 1. The highest BCUT2D eigenvalue weighted by atomic mass is 19.1. The van der Waals surface area contributed by atoms with Gasteiger partial charge in [0.1, 0.15) is 17.4 Å². The van der Waals surface area contributed by atoms with Crippen LogP contribution in [0.15, 0.2) is 54.7 Å². The van der Waals surface area contributed by atoms with Gasteiger partial charge in [-0.05, 0) is 36.6 Å². The molecular formula is C29H34FN5O4. The van der Waals surface area contributed by atoms with Crippen molar-refractivity contribution in [3.05, 3.63) is 66.1 Å². The van der Waals surface area contributed by atoms with E-state index in [1.54, 1.807) is 62.8 Å². The molecule has 0 radical (unpaired) electrons. The van der Waals surface area contributed by atoms with Crippen LogP contribution in [0.25, 0.3) is 11.1 Å². The highest BCUT2D eigenvalue weighted by Gasteiger charge is 2.24. The number of aromatic nitrogens is 2. The summed E-state index contributed by atoms with van der Waals surface area (Å²) in [5.74, 6) is -0.292. The summed E-state index contributed by atoms with van der Waals surface area (Å²) in [4.78, 5) is 36.4. The van der Waals surface area contributed by atoms with E-state index >= 15 is 0 Å². The average Bonchev–Trinajstić information content (AvgIpc) is 2.93. The quantitative estimate of drug-likeness (QED) is 0.357. The molecule has 1 aromatic heterocycles. The lowest BCUT2D eigenvalue weighted by Gasteiger charge is -2.31. The van der Waals surface area contributed by atoms with Gasteiger partial charge in [0.05, 0.1) is 12.5 Å². The van der Waals surface area contributed by atoms with Crippen LogP contribution in [0.4, 0.5) is 21.0 Å². The SMILES string of the molecule is CN(C)C(=O)Oc1ccc(C(CC(=O)O)Nc2nc(N(C)C3CCCCC3)ncc2-c2ccccc2F)cc1. The summed E-state index contributed by atoms with van der Waals surface area (Å²) in [5.41, 5.74) is 1.38. The van der Waals surface area contributed by atoms with Crippen LogP contribution in [0.5, 0.6) is 5.75 Å².